The molecule has 0 unspecified atom stereocenters. The van der Waals surface area contributed by atoms with E-state index in [1.807, 2.05) is 0 Å². The Hall–Kier alpha value is -6.50. The first-order chi connectivity index (χ1) is 24.8. The molecule has 0 spiro atoms. The van der Waals surface area contributed by atoms with Crippen LogP contribution in [0.3, 0.4) is 0 Å². The van der Waals surface area contributed by atoms with Crippen LogP contribution in [0.25, 0.3) is 98.4 Å². The largest absolute Gasteiger partial charge is 0.0616 e. The number of hydrogen-bond acceptors (Lipinski definition) is 0. The maximum atomic E-state index is 2.44. The van der Waals surface area contributed by atoms with Gasteiger partial charge in [0, 0.05) is 0 Å². The second-order valence-electron chi connectivity index (χ2n) is 13.3. The van der Waals surface area contributed by atoms with Crippen LogP contribution >= 0.6 is 0 Å². The minimum atomic E-state index is 1.22. The summed E-state index contributed by atoms with van der Waals surface area (Å²) >= 11 is 0. The van der Waals surface area contributed by atoms with Crippen molar-refractivity contribution in [2.24, 2.45) is 0 Å². The third-order valence-electron chi connectivity index (χ3n) is 10.4. The summed E-state index contributed by atoms with van der Waals surface area (Å²) in [5, 5.41) is 12.6. The molecule has 0 aliphatic carbocycles. The molecule has 0 aliphatic rings. The van der Waals surface area contributed by atoms with E-state index in [2.05, 4.69) is 194 Å². The summed E-state index contributed by atoms with van der Waals surface area (Å²) < 4.78 is 0. The highest BCUT2D eigenvalue weighted by molar-refractivity contribution is 6.22. The summed E-state index contributed by atoms with van der Waals surface area (Å²) in [5.74, 6) is 0. The molecule has 10 aromatic rings. The van der Waals surface area contributed by atoms with Crippen LogP contribution in [0.15, 0.2) is 194 Å². The van der Waals surface area contributed by atoms with E-state index >= 15 is 0 Å². The van der Waals surface area contributed by atoms with Crippen LogP contribution in [0.4, 0.5) is 0 Å². The topological polar surface area (TPSA) is 0 Å². The quantitative estimate of drug-likeness (QED) is 0.169. The van der Waals surface area contributed by atoms with Crippen molar-refractivity contribution in [3.8, 4) is 44.5 Å². The summed E-state index contributed by atoms with van der Waals surface area (Å²) in [6.07, 6.45) is 0. The van der Waals surface area contributed by atoms with Gasteiger partial charge in [-0.2, -0.15) is 0 Å². The lowest BCUT2D eigenvalue weighted by molar-refractivity contribution is 1.63. The molecular formula is C50H32. The molecule has 232 valence electrons. The van der Waals surface area contributed by atoms with E-state index in [1.165, 1.54) is 98.4 Å². The molecule has 0 aromatic heterocycles. The van der Waals surface area contributed by atoms with E-state index in [-0.39, 0.29) is 0 Å². The van der Waals surface area contributed by atoms with Crippen molar-refractivity contribution in [2.75, 3.05) is 0 Å². The number of rotatable bonds is 4. The molecule has 0 bridgehead atoms. The second-order valence-corrected chi connectivity index (χ2v) is 13.3. The van der Waals surface area contributed by atoms with Crippen molar-refractivity contribution in [2.45, 2.75) is 0 Å². The van der Waals surface area contributed by atoms with E-state index in [0.717, 1.165) is 0 Å². The molecule has 0 saturated heterocycles. The number of benzene rings is 10. The molecule has 0 N–H and O–H groups in total. The Morgan fingerprint density at radius 3 is 1.32 bits per heavy atom. The van der Waals surface area contributed by atoms with Crippen LogP contribution in [0.1, 0.15) is 0 Å². The van der Waals surface area contributed by atoms with Crippen LogP contribution in [0.5, 0.6) is 0 Å². The van der Waals surface area contributed by atoms with Crippen LogP contribution in [0, 0.1) is 0 Å². The average molecular weight is 633 g/mol. The first-order valence-electron chi connectivity index (χ1n) is 17.3. The Morgan fingerprint density at radius 1 is 0.200 bits per heavy atom. The summed E-state index contributed by atoms with van der Waals surface area (Å²) in [4.78, 5) is 0. The first-order valence-corrected chi connectivity index (χ1v) is 17.3. The highest BCUT2D eigenvalue weighted by Gasteiger charge is 2.19. The van der Waals surface area contributed by atoms with Crippen molar-refractivity contribution < 1.29 is 0 Å². The maximum Gasteiger partial charge on any atom is -0.00259 e. The number of hydrogen-bond donors (Lipinski definition) is 0. The fourth-order valence-electron chi connectivity index (χ4n) is 8.11. The third kappa shape index (κ3) is 4.61. The van der Waals surface area contributed by atoms with Gasteiger partial charge in [0.1, 0.15) is 0 Å². The van der Waals surface area contributed by atoms with E-state index in [9.17, 15) is 0 Å². The van der Waals surface area contributed by atoms with Gasteiger partial charge >= 0.3 is 0 Å². The lowest BCUT2D eigenvalue weighted by Gasteiger charge is -2.20. The summed E-state index contributed by atoms with van der Waals surface area (Å²) in [7, 11) is 0. The van der Waals surface area contributed by atoms with Crippen LogP contribution in [0.2, 0.25) is 0 Å². The maximum absolute atomic E-state index is 2.44. The molecular weight excluding hydrogens is 601 g/mol. The molecule has 0 atom stereocenters. The zero-order chi connectivity index (χ0) is 33.0. The van der Waals surface area contributed by atoms with Gasteiger partial charge in [-0.15, -0.1) is 0 Å². The van der Waals surface area contributed by atoms with E-state index < -0.39 is 0 Å². The SMILES string of the molecule is c1cc(-c2cccc3ccccc23)cc(-c2c3ccccc3c(-c3ccc4ccccc4c3)c3cc(-c4cccc5ccccc45)ccc23)c1. The minimum Gasteiger partial charge on any atom is -0.0616 e. The van der Waals surface area contributed by atoms with E-state index in [4.69, 9.17) is 0 Å². The van der Waals surface area contributed by atoms with Gasteiger partial charge in [-0.1, -0.05) is 176 Å². The van der Waals surface area contributed by atoms with Crippen LogP contribution in [-0.2, 0) is 0 Å². The van der Waals surface area contributed by atoms with E-state index in [0.29, 0.717) is 0 Å². The highest BCUT2D eigenvalue weighted by Crippen LogP contribution is 2.46. The standard InChI is InChI=1S/C50H32/c1-2-15-36-30-40(27-26-33(36)12-1)50-46-23-8-7-22-45(46)49(39-19-9-18-37(31-39)43-24-10-16-34-13-3-5-20-41(34)43)47-29-28-38(32-48(47)50)44-25-11-17-35-14-4-6-21-42(35)44/h1-32H. The van der Waals surface area contributed by atoms with Crippen LogP contribution in [-0.4, -0.2) is 0 Å². The van der Waals surface area contributed by atoms with Gasteiger partial charge in [-0.05, 0) is 117 Å². The van der Waals surface area contributed by atoms with Crippen molar-refractivity contribution >= 4 is 53.9 Å². The Balaban J connectivity index is 1.29. The average Bonchev–Trinajstić information content (AvgIpc) is 3.19. The normalized spacial score (nSPS) is 11.6. The summed E-state index contributed by atoms with van der Waals surface area (Å²) in [5.41, 5.74) is 9.95. The molecule has 0 amide bonds. The molecule has 0 radical (unpaired) electrons. The molecule has 0 nitrogen and oxygen atoms in total. The molecule has 50 heavy (non-hydrogen) atoms. The molecule has 0 heterocycles. The van der Waals surface area contributed by atoms with Crippen molar-refractivity contribution in [3.05, 3.63) is 194 Å². The van der Waals surface area contributed by atoms with Crippen molar-refractivity contribution in [1.82, 2.24) is 0 Å². The van der Waals surface area contributed by atoms with Gasteiger partial charge in [-0.3, -0.25) is 0 Å². The lowest BCUT2D eigenvalue weighted by atomic mass is 9.83. The zero-order valence-electron chi connectivity index (χ0n) is 27.5. The predicted octanol–water partition coefficient (Wildman–Crippen LogP) is 14.1. The first kappa shape index (κ1) is 28.5. The Labute approximate surface area is 291 Å². The van der Waals surface area contributed by atoms with Crippen molar-refractivity contribution in [1.29, 1.82) is 0 Å². The van der Waals surface area contributed by atoms with Crippen molar-refractivity contribution in [3.63, 3.8) is 0 Å². The van der Waals surface area contributed by atoms with Crippen LogP contribution < -0.4 is 0 Å². The fourth-order valence-corrected chi connectivity index (χ4v) is 8.11. The van der Waals surface area contributed by atoms with Gasteiger partial charge in [-0.25, -0.2) is 0 Å². The van der Waals surface area contributed by atoms with Gasteiger partial charge in [0.25, 0.3) is 0 Å². The minimum absolute atomic E-state index is 1.22. The monoisotopic (exact) mass is 632 g/mol. The van der Waals surface area contributed by atoms with Gasteiger partial charge < -0.3 is 0 Å². The smallest absolute Gasteiger partial charge is 0.00259 e. The molecule has 0 heteroatoms. The molecule has 0 fully saturated rings. The summed E-state index contributed by atoms with van der Waals surface area (Å²) in [6, 6.07) is 71.5. The number of fused-ring (bicyclic) bond motifs is 5. The molecule has 0 saturated carbocycles. The fraction of sp³-hybridized carbons (Fsp3) is 0. The second kappa shape index (κ2) is 11.6. The Kier molecular flexibility index (Phi) is 6.60. The molecule has 10 aromatic carbocycles. The highest BCUT2D eigenvalue weighted by atomic mass is 14.2. The summed E-state index contributed by atoms with van der Waals surface area (Å²) in [6.45, 7) is 0. The van der Waals surface area contributed by atoms with E-state index in [1.54, 1.807) is 0 Å². The Morgan fingerprint density at radius 2 is 0.640 bits per heavy atom. The Bertz CT molecular complexity index is 2920. The van der Waals surface area contributed by atoms with Gasteiger partial charge in [0.2, 0.25) is 0 Å². The molecule has 0 aliphatic heterocycles. The lowest BCUT2D eigenvalue weighted by Crippen LogP contribution is -1.92. The predicted molar refractivity (Wildman–Crippen MR) is 216 cm³/mol. The zero-order valence-corrected chi connectivity index (χ0v) is 27.5. The van der Waals surface area contributed by atoms with Gasteiger partial charge in [0.05, 0.1) is 0 Å². The molecule has 10 rings (SSSR count). The third-order valence-corrected chi connectivity index (χ3v) is 10.4. The van der Waals surface area contributed by atoms with Gasteiger partial charge in [0.15, 0.2) is 0 Å².